The summed E-state index contributed by atoms with van der Waals surface area (Å²) >= 11 is 3.34. The van der Waals surface area contributed by atoms with E-state index in [1.165, 1.54) is 6.92 Å². The second-order valence-corrected chi connectivity index (χ2v) is 3.92. The number of ketones is 1. The van der Waals surface area contributed by atoms with Crippen LogP contribution in [-0.2, 0) is 0 Å². The Balaban J connectivity index is 2.93. The van der Waals surface area contributed by atoms with E-state index in [2.05, 4.69) is 20.9 Å². The van der Waals surface area contributed by atoms with Crippen LogP contribution in [0.15, 0.2) is 22.8 Å². The molecule has 0 aliphatic rings. The Hall–Kier alpha value is -1.16. The van der Waals surface area contributed by atoms with Crippen LogP contribution in [-0.4, -0.2) is 15.2 Å². The second-order valence-electron chi connectivity index (χ2n) is 3.17. The van der Waals surface area contributed by atoms with E-state index >= 15 is 0 Å². The van der Waals surface area contributed by atoms with Crippen molar-refractivity contribution in [3.8, 4) is 0 Å². The maximum Gasteiger partial charge on any atom is 0.195 e. The van der Waals surface area contributed by atoms with Crippen LogP contribution in [0.4, 0.5) is 0 Å². The zero-order valence-electron chi connectivity index (χ0n) is 7.91. The van der Waals surface area contributed by atoms with E-state index in [4.69, 9.17) is 0 Å². The molecule has 0 saturated carbocycles. The molecule has 0 amide bonds. The summed E-state index contributed by atoms with van der Waals surface area (Å²) in [7, 11) is 0. The number of Topliss-reactive ketones (excluding diaryl/α,β-unsaturated/α-hetero) is 1. The number of halogens is 1. The van der Waals surface area contributed by atoms with E-state index in [9.17, 15) is 4.79 Å². The number of carbonyl (C=O) groups excluding carboxylic acids is 1. The Morgan fingerprint density at radius 1 is 1.50 bits per heavy atom. The summed E-state index contributed by atoms with van der Waals surface area (Å²) in [5, 5.41) is 0. The molecule has 0 aliphatic heterocycles. The molecule has 2 heterocycles. The first-order valence-corrected chi connectivity index (χ1v) is 5.05. The second kappa shape index (κ2) is 3.20. The number of nitrogens with zero attached hydrogens (tertiary/aromatic N) is 2. The van der Waals surface area contributed by atoms with Gasteiger partial charge in [-0.15, -0.1) is 0 Å². The zero-order valence-corrected chi connectivity index (χ0v) is 9.50. The van der Waals surface area contributed by atoms with E-state index in [0.29, 0.717) is 10.4 Å². The summed E-state index contributed by atoms with van der Waals surface area (Å²) in [4.78, 5) is 15.5. The van der Waals surface area contributed by atoms with Gasteiger partial charge in [0.1, 0.15) is 4.60 Å². The van der Waals surface area contributed by atoms with Gasteiger partial charge in [-0.25, -0.2) is 4.98 Å². The van der Waals surface area contributed by atoms with Crippen molar-refractivity contribution < 1.29 is 4.79 Å². The molecular formula is C10H9BrN2O. The minimum absolute atomic E-state index is 0.0278. The van der Waals surface area contributed by atoms with Crippen molar-refractivity contribution in [2.75, 3.05) is 0 Å². The zero-order chi connectivity index (χ0) is 10.3. The van der Waals surface area contributed by atoms with Gasteiger partial charge in [0.15, 0.2) is 11.6 Å². The van der Waals surface area contributed by atoms with Gasteiger partial charge in [-0.1, -0.05) is 6.07 Å². The summed E-state index contributed by atoms with van der Waals surface area (Å²) in [6.45, 7) is 3.47. The van der Waals surface area contributed by atoms with E-state index in [1.807, 2.05) is 29.5 Å². The van der Waals surface area contributed by atoms with Crippen LogP contribution in [0.3, 0.4) is 0 Å². The number of imidazole rings is 1. The van der Waals surface area contributed by atoms with Gasteiger partial charge in [0.25, 0.3) is 0 Å². The number of hydrogen-bond acceptors (Lipinski definition) is 2. The Labute approximate surface area is 89.9 Å². The van der Waals surface area contributed by atoms with Crippen LogP contribution in [0, 0.1) is 6.92 Å². The first-order valence-electron chi connectivity index (χ1n) is 4.26. The molecule has 2 aromatic rings. The van der Waals surface area contributed by atoms with Crippen molar-refractivity contribution in [1.29, 1.82) is 0 Å². The Kier molecular flexibility index (Phi) is 2.15. The Bertz CT molecular complexity index is 516. The molecule has 0 N–H and O–H groups in total. The molecular weight excluding hydrogens is 244 g/mol. The normalized spacial score (nSPS) is 10.8. The van der Waals surface area contributed by atoms with E-state index in [1.54, 1.807) is 0 Å². The highest BCUT2D eigenvalue weighted by Crippen LogP contribution is 2.20. The number of hydrogen-bond donors (Lipinski definition) is 0. The molecule has 0 atom stereocenters. The van der Waals surface area contributed by atoms with Gasteiger partial charge in [0.05, 0.1) is 5.52 Å². The number of rotatable bonds is 1. The monoisotopic (exact) mass is 252 g/mol. The van der Waals surface area contributed by atoms with Crippen molar-refractivity contribution in [3.05, 3.63) is 34.3 Å². The molecule has 4 heteroatoms. The SMILES string of the molecule is CC(=O)c1nc(Br)c2cccc(C)n12. The molecule has 0 spiro atoms. The Morgan fingerprint density at radius 3 is 2.86 bits per heavy atom. The van der Waals surface area contributed by atoms with Gasteiger partial charge in [-0.3, -0.25) is 9.20 Å². The van der Waals surface area contributed by atoms with Crippen LogP contribution < -0.4 is 0 Å². The number of pyridine rings is 1. The molecule has 2 aromatic heterocycles. The first kappa shape index (κ1) is 9.40. The molecule has 14 heavy (non-hydrogen) atoms. The van der Waals surface area contributed by atoms with Crippen molar-refractivity contribution in [1.82, 2.24) is 9.38 Å². The number of carbonyl (C=O) groups is 1. The van der Waals surface area contributed by atoms with Crippen LogP contribution in [0.5, 0.6) is 0 Å². The van der Waals surface area contributed by atoms with Gasteiger partial charge in [-0.05, 0) is 35.0 Å². The lowest BCUT2D eigenvalue weighted by molar-refractivity contribution is 0.100. The smallest absolute Gasteiger partial charge is 0.195 e. The summed E-state index contributed by atoms with van der Waals surface area (Å²) in [5.74, 6) is 0.449. The van der Waals surface area contributed by atoms with E-state index < -0.39 is 0 Å². The van der Waals surface area contributed by atoms with Crippen molar-refractivity contribution in [2.45, 2.75) is 13.8 Å². The van der Waals surface area contributed by atoms with Gasteiger partial charge >= 0.3 is 0 Å². The molecule has 0 radical (unpaired) electrons. The third-order valence-corrected chi connectivity index (χ3v) is 2.71. The fourth-order valence-corrected chi connectivity index (χ4v) is 1.97. The highest BCUT2D eigenvalue weighted by molar-refractivity contribution is 9.10. The van der Waals surface area contributed by atoms with Gasteiger partial charge in [0, 0.05) is 12.6 Å². The lowest BCUT2D eigenvalue weighted by atomic mass is 10.3. The average Bonchev–Trinajstić information content (AvgIpc) is 2.46. The molecule has 3 nitrogen and oxygen atoms in total. The maximum absolute atomic E-state index is 11.3. The van der Waals surface area contributed by atoms with Crippen molar-refractivity contribution in [3.63, 3.8) is 0 Å². The molecule has 0 aromatic carbocycles. The van der Waals surface area contributed by atoms with Gasteiger partial charge in [-0.2, -0.15) is 0 Å². The topological polar surface area (TPSA) is 34.4 Å². The number of aryl methyl sites for hydroxylation is 1. The maximum atomic E-state index is 11.3. The predicted molar refractivity (Wildman–Crippen MR) is 57.6 cm³/mol. The fourth-order valence-electron chi connectivity index (χ4n) is 1.50. The minimum atomic E-state index is -0.0278. The lowest BCUT2D eigenvalue weighted by Crippen LogP contribution is -2.02. The molecule has 0 unspecified atom stereocenters. The standard InChI is InChI=1S/C10H9BrN2O/c1-6-4-3-5-8-9(11)12-10(7(2)14)13(6)8/h3-5H,1-2H3. The van der Waals surface area contributed by atoms with E-state index in [0.717, 1.165) is 11.2 Å². The lowest BCUT2D eigenvalue weighted by Gasteiger charge is -2.01. The minimum Gasteiger partial charge on any atom is -0.293 e. The molecule has 0 aliphatic carbocycles. The first-order chi connectivity index (χ1) is 6.61. The van der Waals surface area contributed by atoms with Crippen LogP contribution in [0.2, 0.25) is 0 Å². The third-order valence-electron chi connectivity index (χ3n) is 2.13. The molecule has 0 fully saturated rings. The predicted octanol–water partition coefficient (Wildman–Crippen LogP) is 2.61. The highest BCUT2D eigenvalue weighted by atomic mass is 79.9. The van der Waals surface area contributed by atoms with Gasteiger partial charge in [0.2, 0.25) is 0 Å². The van der Waals surface area contributed by atoms with Crippen LogP contribution in [0.1, 0.15) is 23.2 Å². The molecule has 2 rings (SSSR count). The number of aromatic nitrogens is 2. The Morgan fingerprint density at radius 2 is 2.21 bits per heavy atom. The molecule has 0 bridgehead atoms. The summed E-state index contributed by atoms with van der Waals surface area (Å²) in [6.07, 6.45) is 0. The summed E-state index contributed by atoms with van der Waals surface area (Å²) in [5.41, 5.74) is 1.93. The van der Waals surface area contributed by atoms with Crippen LogP contribution in [0.25, 0.3) is 5.52 Å². The number of fused-ring (bicyclic) bond motifs is 1. The fraction of sp³-hybridized carbons (Fsp3) is 0.200. The summed E-state index contributed by atoms with van der Waals surface area (Å²) in [6, 6.07) is 5.82. The third kappa shape index (κ3) is 1.26. The summed E-state index contributed by atoms with van der Waals surface area (Å²) < 4.78 is 2.57. The van der Waals surface area contributed by atoms with Gasteiger partial charge < -0.3 is 0 Å². The van der Waals surface area contributed by atoms with Crippen molar-refractivity contribution >= 4 is 27.2 Å². The highest BCUT2D eigenvalue weighted by Gasteiger charge is 2.13. The van der Waals surface area contributed by atoms with Crippen LogP contribution >= 0.6 is 15.9 Å². The van der Waals surface area contributed by atoms with E-state index in [-0.39, 0.29) is 5.78 Å². The largest absolute Gasteiger partial charge is 0.293 e. The quantitative estimate of drug-likeness (QED) is 0.732. The average molecular weight is 253 g/mol. The molecule has 0 saturated heterocycles. The molecule has 72 valence electrons. The van der Waals surface area contributed by atoms with Crippen molar-refractivity contribution in [2.24, 2.45) is 0 Å².